The largest absolute Gasteiger partial charge is 0.492 e. The first-order valence-electron chi connectivity index (χ1n) is 6.64. The highest BCUT2D eigenvalue weighted by Gasteiger charge is 2.38. The first kappa shape index (κ1) is 20.3. The Labute approximate surface area is 158 Å². The summed E-state index contributed by atoms with van der Waals surface area (Å²) in [4.78, 5) is 0. The van der Waals surface area contributed by atoms with E-state index in [0.29, 0.717) is 0 Å². The van der Waals surface area contributed by atoms with Gasteiger partial charge in [-0.3, -0.25) is 4.55 Å². The highest BCUT2D eigenvalue weighted by atomic mass is 127. The van der Waals surface area contributed by atoms with Crippen molar-refractivity contribution in [1.82, 2.24) is 0 Å². The van der Waals surface area contributed by atoms with Crippen LogP contribution in [0.5, 0.6) is 5.75 Å². The summed E-state index contributed by atoms with van der Waals surface area (Å²) < 4.78 is 67.8. The van der Waals surface area contributed by atoms with Crippen LogP contribution in [0.2, 0.25) is 5.02 Å². The fourth-order valence-corrected chi connectivity index (χ4v) is 6.14. The molecule has 2 aromatic rings. The van der Waals surface area contributed by atoms with Crippen molar-refractivity contribution in [3.05, 3.63) is 48.6 Å². The van der Waals surface area contributed by atoms with Gasteiger partial charge in [-0.05, 0) is 24.3 Å². The van der Waals surface area contributed by atoms with Crippen LogP contribution in [-0.2, 0) is 10.1 Å². The molecule has 0 bridgehead atoms. The van der Waals surface area contributed by atoms with E-state index in [9.17, 15) is 21.6 Å². The van der Waals surface area contributed by atoms with E-state index in [4.69, 9.17) is 20.9 Å². The quantitative estimate of drug-likeness (QED) is 0.414. The summed E-state index contributed by atoms with van der Waals surface area (Å²) in [7, 11) is -3.19. The predicted octanol–water partition coefficient (Wildman–Crippen LogP) is 0.894. The highest BCUT2D eigenvalue weighted by molar-refractivity contribution is 7.85. The van der Waals surface area contributed by atoms with Crippen molar-refractivity contribution in [1.29, 1.82) is 0 Å². The Morgan fingerprint density at radius 3 is 2.36 bits per heavy atom. The van der Waals surface area contributed by atoms with Gasteiger partial charge in [0.2, 0.25) is 7.14 Å². The lowest BCUT2D eigenvalue weighted by molar-refractivity contribution is -0.590. The maximum Gasteiger partial charge on any atom is 0.405 e. The van der Waals surface area contributed by atoms with Crippen molar-refractivity contribution in [3.8, 4) is 16.9 Å². The zero-order chi connectivity index (χ0) is 18.8. The topological polar surface area (TPSA) is 63.6 Å². The lowest BCUT2D eigenvalue weighted by atomic mass is 10.1. The van der Waals surface area contributed by atoms with E-state index in [-0.39, 0.29) is 21.2 Å². The fraction of sp³-hybridized carbons (Fsp3) is 0.200. The first-order valence-corrected chi connectivity index (χ1v) is 10.8. The minimum atomic E-state index is -4.91. The maximum atomic E-state index is 11.0. The zero-order valence-electron chi connectivity index (χ0n) is 12.6. The second kappa shape index (κ2) is 7.68. The van der Waals surface area contributed by atoms with Crippen LogP contribution in [0.3, 0.4) is 0 Å². The van der Waals surface area contributed by atoms with Crippen LogP contribution in [-0.4, -0.2) is 32.0 Å². The van der Waals surface area contributed by atoms with Gasteiger partial charge in [-0.2, -0.15) is 21.6 Å². The molecule has 1 heterocycles. The molecule has 0 fully saturated rings. The van der Waals surface area contributed by atoms with Crippen LogP contribution in [0.15, 0.2) is 36.4 Å². The third kappa shape index (κ3) is 5.47. The van der Waals surface area contributed by atoms with Gasteiger partial charge in [0.15, 0.2) is 11.5 Å². The van der Waals surface area contributed by atoms with Gasteiger partial charge in [-0.15, -0.1) is 0 Å². The Balaban J connectivity index is 0.000000217. The molecule has 25 heavy (non-hydrogen) atoms. The summed E-state index contributed by atoms with van der Waals surface area (Å²) in [5.74, 6) is -1.21. The molecular weight excluding hydrogens is 496 g/mol. The second-order valence-corrected chi connectivity index (χ2v) is 9.49. The minimum absolute atomic E-state index is 0.152. The molecule has 0 aromatic heterocycles. The molecule has 0 spiro atoms. The van der Waals surface area contributed by atoms with Gasteiger partial charge in [0.25, 0.3) is 10.1 Å². The van der Waals surface area contributed by atoms with E-state index in [2.05, 4.69) is 24.3 Å². The van der Waals surface area contributed by atoms with E-state index in [1.807, 2.05) is 12.1 Å². The smallest absolute Gasteiger partial charge is 0.405 e. The first-order chi connectivity index (χ1) is 11.5. The van der Waals surface area contributed by atoms with Gasteiger partial charge in [0.1, 0.15) is 0 Å². The van der Waals surface area contributed by atoms with Gasteiger partial charge < -0.3 is 4.74 Å². The number of benzene rings is 2. The van der Waals surface area contributed by atoms with Gasteiger partial charge in [-0.25, -0.2) is 0 Å². The number of rotatable bonds is 2. The summed E-state index contributed by atoms with van der Waals surface area (Å²) in [5, 5.41) is 0.834. The van der Waals surface area contributed by atoms with Crippen LogP contribution in [0.4, 0.5) is 13.2 Å². The van der Waals surface area contributed by atoms with Crippen LogP contribution in [0.1, 0.15) is 0 Å². The van der Waals surface area contributed by atoms with Crippen molar-refractivity contribution in [2.45, 2.75) is 6.18 Å². The van der Waals surface area contributed by atoms with Crippen LogP contribution in [0.25, 0.3) is 11.1 Å². The van der Waals surface area contributed by atoms with Crippen molar-refractivity contribution in [3.63, 3.8) is 0 Å². The van der Waals surface area contributed by atoms with Crippen LogP contribution >= 0.6 is 11.6 Å². The lowest BCUT2D eigenvalue weighted by Gasteiger charge is -2.02. The molecule has 0 unspecified atom stereocenters. The third-order valence-electron chi connectivity index (χ3n) is 2.96. The zero-order valence-corrected chi connectivity index (χ0v) is 16.4. The number of halogens is 5. The maximum absolute atomic E-state index is 11.0. The van der Waals surface area contributed by atoms with E-state index in [1.54, 1.807) is 7.11 Å². The molecule has 0 saturated heterocycles. The second-order valence-electron chi connectivity index (χ2n) is 4.85. The van der Waals surface area contributed by atoms with E-state index < -0.39 is 22.0 Å². The molecule has 1 N–H and O–H groups in total. The Hall–Kier alpha value is -1.04. The van der Waals surface area contributed by atoms with Crippen LogP contribution < -0.4 is 25.9 Å². The monoisotopic (exact) mass is 507 g/mol. The highest BCUT2D eigenvalue weighted by Crippen LogP contribution is 2.33. The predicted molar refractivity (Wildman–Crippen MR) is 83.3 cm³/mol. The molecule has 2 aromatic carbocycles. The fourth-order valence-electron chi connectivity index (χ4n) is 2.09. The van der Waals surface area contributed by atoms with Crippen molar-refractivity contribution >= 4 is 21.7 Å². The molecule has 1 aliphatic rings. The molecule has 0 atom stereocenters. The molecule has 0 aliphatic carbocycles. The molecule has 3 rings (SSSR count). The van der Waals surface area contributed by atoms with Gasteiger partial charge in [-0.1, -0.05) is 23.7 Å². The SMILES string of the molecule is COc1ccc(Cl)c2c1[I+]c1ccccc1-2.O=S(=O)(O)CC(F)(F)F. The summed E-state index contributed by atoms with van der Waals surface area (Å²) in [6.07, 6.45) is -4.85. The van der Waals surface area contributed by atoms with E-state index in [0.717, 1.165) is 10.8 Å². The Morgan fingerprint density at radius 2 is 1.84 bits per heavy atom. The Bertz CT molecular complexity index is 885. The number of hydrogen-bond donors (Lipinski definition) is 1. The number of hydrogen-bond acceptors (Lipinski definition) is 3. The number of ether oxygens (including phenoxy) is 1. The van der Waals surface area contributed by atoms with Gasteiger partial charge >= 0.3 is 27.4 Å². The molecule has 136 valence electrons. The molecule has 0 radical (unpaired) electrons. The summed E-state index contributed by atoms with van der Waals surface area (Å²) in [6, 6.07) is 12.4. The minimum Gasteiger partial charge on any atom is -0.492 e. The normalized spacial score (nSPS) is 12.7. The molecule has 10 heteroatoms. The Kier molecular flexibility index (Phi) is 6.23. The molecular formula is C15H12ClF3IO4S+. The average molecular weight is 508 g/mol. The third-order valence-corrected chi connectivity index (χ3v) is 7.10. The van der Waals surface area contributed by atoms with Gasteiger partial charge in [0, 0.05) is 5.56 Å². The summed E-state index contributed by atoms with van der Waals surface area (Å²) in [5.41, 5.74) is 2.47. The molecule has 0 amide bonds. The standard InChI is InChI=1S/C13H9ClIO.C2H3F3O3S/c1-16-11-7-6-9(14)12-8-4-2-3-5-10(8)15-13(11)12;3-2(4,5)1-9(6,7)8/h2-7H,1H3;1H2,(H,6,7,8)/q+1;. The van der Waals surface area contributed by atoms with Crippen molar-refractivity contribution in [2.24, 2.45) is 0 Å². The summed E-state index contributed by atoms with van der Waals surface area (Å²) in [6.45, 7) is 0. The van der Waals surface area contributed by atoms with Crippen molar-refractivity contribution in [2.75, 3.05) is 12.9 Å². The molecule has 0 saturated carbocycles. The molecule has 1 aliphatic heterocycles. The van der Waals surface area contributed by atoms with Crippen molar-refractivity contribution < 1.29 is 52.1 Å². The summed E-state index contributed by atoms with van der Waals surface area (Å²) >= 11 is 6.14. The lowest BCUT2D eigenvalue weighted by Crippen LogP contribution is -3.61. The molecule has 4 nitrogen and oxygen atoms in total. The van der Waals surface area contributed by atoms with Gasteiger partial charge in [0.05, 0.1) is 17.7 Å². The van der Waals surface area contributed by atoms with E-state index >= 15 is 0 Å². The average Bonchev–Trinajstić information content (AvgIpc) is 2.84. The number of fused-ring (bicyclic) bond motifs is 3. The van der Waals surface area contributed by atoms with Crippen LogP contribution in [0, 0.1) is 7.14 Å². The number of methoxy groups -OCH3 is 1. The Morgan fingerprint density at radius 1 is 1.20 bits per heavy atom. The van der Waals surface area contributed by atoms with E-state index in [1.165, 1.54) is 18.3 Å². The number of alkyl halides is 3.